The summed E-state index contributed by atoms with van der Waals surface area (Å²) in [7, 11) is 1.83. The maximum absolute atomic E-state index is 13.1. The number of hydrogen-bond donors (Lipinski definition) is 1. The number of hydrogen-bond acceptors (Lipinski definition) is 5. The van der Waals surface area contributed by atoms with Gasteiger partial charge in [0, 0.05) is 23.3 Å². The lowest BCUT2D eigenvalue weighted by atomic mass is 9.98. The molecule has 32 heavy (non-hydrogen) atoms. The molecular formula is C24H24N4O2S2. The zero-order chi connectivity index (χ0) is 22.2. The number of anilines is 1. The summed E-state index contributed by atoms with van der Waals surface area (Å²) in [6.45, 7) is 2.89. The molecule has 3 aromatic heterocycles. The van der Waals surface area contributed by atoms with Crippen molar-refractivity contribution in [1.82, 2.24) is 14.3 Å². The lowest BCUT2D eigenvalue weighted by molar-refractivity contribution is -0.117. The van der Waals surface area contributed by atoms with Crippen LogP contribution in [0.3, 0.4) is 0 Å². The number of carbonyl (C=O) groups excluding carboxylic acids is 1. The van der Waals surface area contributed by atoms with E-state index in [2.05, 4.69) is 39.2 Å². The molecule has 164 valence electrons. The van der Waals surface area contributed by atoms with Crippen LogP contribution in [0.25, 0.3) is 5.69 Å². The predicted octanol–water partition coefficient (Wildman–Crippen LogP) is 4.19. The van der Waals surface area contributed by atoms with Crippen molar-refractivity contribution in [2.24, 2.45) is 7.05 Å². The van der Waals surface area contributed by atoms with Gasteiger partial charge in [-0.25, -0.2) is 4.68 Å². The Kier molecular flexibility index (Phi) is 5.58. The van der Waals surface area contributed by atoms with E-state index in [0.29, 0.717) is 5.69 Å². The van der Waals surface area contributed by atoms with E-state index < -0.39 is 0 Å². The van der Waals surface area contributed by atoms with Gasteiger partial charge in [0.2, 0.25) is 5.91 Å². The minimum absolute atomic E-state index is 0.0774. The van der Waals surface area contributed by atoms with Gasteiger partial charge in [-0.3, -0.25) is 19.2 Å². The second-order valence-electron chi connectivity index (χ2n) is 7.92. The smallest absolute Gasteiger partial charge is 0.295 e. The Morgan fingerprint density at radius 2 is 1.91 bits per heavy atom. The van der Waals surface area contributed by atoms with Crippen LogP contribution in [0, 0.1) is 6.92 Å². The summed E-state index contributed by atoms with van der Waals surface area (Å²) in [6, 6.07) is 15.9. The van der Waals surface area contributed by atoms with Crippen LogP contribution >= 0.6 is 22.7 Å². The molecule has 4 aromatic rings. The van der Waals surface area contributed by atoms with Crippen molar-refractivity contribution in [3.05, 3.63) is 90.7 Å². The Morgan fingerprint density at radius 3 is 2.66 bits per heavy atom. The van der Waals surface area contributed by atoms with E-state index in [9.17, 15) is 9.59 Å². The molecular weight excluding hydrogens is 440 g/mol. The second-order valence-corrected chi connectivity index (χ2v) is 9.90. The zero-order valence-electron chi connectivity index (χ0n) is 17.9. The molecule has 1 atom stereocenters. The molecule has 0 saturated carbocycles. The Bertz CT molecular complexity index is 1300. The maximum atomic E-state index is 13.1. The Balaban J connectivity index is 1.40. The van der Waals surface area contributed by atoms with Crippen LogP contribution in [0.5, 0.6) is 0 Å². The molecule has 6 nitrogen and oxygen atoms in total. The van der Waals surface area contributed by atoms with Gasteiger partial charge in [0.05, 0.1) is 24.0 Å². The molecule has 0 saturated heterocycles. The molecule has 0 fully saturated rings. The molecule has 1 N–H and O–H groups in total. The van der Waals surface area contributed by atoms with Gasteiger partial charge in [0.25, 0.3) is 5.56 Å². The van der Waals surface area contributed by atoms with Crippen LogP contribution in [0.4, 0.5) is 5.69 Å². The third kappa shape index (κ3) is 3.64. The van der Waals surface area contributed by atoms with Gasteiger partial charge in [-0.15, -0.1) is 22.7 Å². The fourth-order valence-corrected chi connectivity index (χ4v) is 6.17. The van der Waals surface area contributed by atoms with E-state index in [1.807, 2.05) is 44.3 Å². The number of benzene rings is 1. The van der Waals surface area contributed by atoms with E-state index >= 15 is 0 Å². The number of amides is 1. The normalized spacial score (nSPS) is 16.1. The first-order chi connectivity index (χ1) is 15.5. The average Bonchev–Trinajstić information content (AvgIpc) is 3.53. The number of fused-ring (bicyclic) bond motifs is 1. The molecule has 0 bridgehead atoms. The van der Waals surface area contributed by atoms with Crippen molar-refractivity contribution in [3.8, 4) is 5.69 Å². The number of para-hydroxylation sites is 1. The third-order valence-electron chi connectivity index (χ3n) is 6.04. The summed E-state index contributed by atoms with van der Waals surface area (Å²) in [5.74, 6) is -0.170. The van der Waals surface area contributed by atoms with Crippen molar-refractivity contribution in [3.63, 3.8) is 0 Å². The van der Waals surface area contributed by atoms with E-state index in [1.165, 1.54) is 15.3 Å². The third-order valence-corrected chi connectivity index (χ3v) is 7.96. The molecule has 4 heterocycles. The molecule has 1 aliphatic rings. The number of rotatable bonds is 5. The highest BCUT2D eigenvalue weighted by molar-refractivity contribution is 7.10. The molecule has 1 aliphatic heterocycles. The first-order valence-corrected chi connectivity index (χ1v) is 12.3. The van der Waals surface area contributed by atoms with Crippen LogP contribution in [-0.2, 0) is 18.3 Å². The van der Waals surface area contributed by atoms with Gasteiger partial charge in [-0.05, 0) is 53.9 Å². The van der Waals surface area contributed by atoms with Crippen molar-refractivity contribution >= 4 is 34.3 Å². The zero-order valence-corrected chi connectivity index (χ0v) is 19.6. The Morgan fingerprint density at radius 1 is 1.09 bits per heavy atom. The molecule has 8 heteroatoms. The standard InChI is InChI=1S/C24H24N4O2S2/c1-16-22(24(30)28(26(16)2)17-7-4-3-5-8-17)25-21(29)15-27-12-10-19-18(11-14-32-19)23(27)20-9-6-13-31-20/h3-9,11,13-14,23H,10,12,15H2,1-2H3,(H,25,29). The molecule has 1 aromatic carbocycles. The number of nitrogens with one attached hydrogen (secondary N) is 1. The van der Waals surface area contributed by atoms with Gasteiger partial charge in [-0.2, -0.15) is 0 Å². The van der Waals surface area contributed by atoms with Gasteiger partial charge < -0.3 is 5.32 Å². The highest BCUT2D eigenvalue weighted by Crippen LogP contribution is 2.39. The van der Waals surface area contributed by atoms with Crippen molar-refractivity contribution in [1.29, 1.82) is 0 Å². The van der Waals surface area contributed by atoms with E-state index in [0.717, 1.165) is 24.3 Å². The number of carbonyl (C=O) groups is 1. The van der Waals surface area contributed by atoms with Crippen LogP contribution in [-0.4, -0.2) is 33.3 Å². The summed E-state index contributed by atoms with van der Waals surface area (Å²) < 4.78 is 3.36. The average molecular weight is 465 g/mol. The fourth-order valence-electron chi connectivity index (χ4n) is 4.39. The van der Waals surface area contributed by atoms with Crippen LogP contribution in [0.15, 0.2) is 64.1 Å². The second kappa shape index (κ2) is 8.54. The van der Waals surface area contributed by atoms with E-state index in [-0.39, 0.29) is 24.1 Å². The summed E-state index contributed by atoms with van der Waals surface area (Å²) in [4.78, 5) is 31.1. The van der Waals surface area contributed by atoms with Crippen LogP contribution in [0.2, 0.25) is 0 Å². The van der Waals surface area contributed by atoms with Gasteiger partial charge in [0.15, 0.2) is 0 Å². The van der Waals surface area contributed by atoms with Gasteiger partial charge in [-0.1, -0.05) is 24.3 Å². The lowest BCUT2D eigenvalue weighted by Crippen LogP contribution is -2.40. The highest BCUT2D eigenvalue weighted by Gasteiger charge is 2.32. The fraction of sp³-hybridized carbons (Fsp3) is 0.250. The Hall–Kier alpha value is -2.94. The molecule has 1 unspecified atom stereocenters. The molecule has 1 amide bonds. The summed E-state index contributed by atoms with van der Waals surface area (Å²) in [5, 5.41) is 7.12. The van der Waals surface area contributed by atoms with E-state index in [4.69, 9.17) is 0 Å². The minimum atomic E-state index is -0.224. The van der Waals surface area contributed by atoms with Crippen molar-refractivity contribution in [2.75, 3.05) is 18.4 Å². The first-order valence-electron chi connectivity index (χ1n) is 10.5. The minimum Gasteiger partial charge on any atom is -0.319 e. The topological polar surface area (TPSA) is 59.3 Å². The first kappa shape index (κ1) is 20.9. The van der Waals surface area contributed by atoms with Gasteiger partial charge in [0.1, 0.15) is 5.69 Å². The van der Waals surface area contributed by atoms with E-state index in [1.54, 1.807) is 32.0 Å². The maximum Gasteiger partial charge on any atom is 0.295 e. The molecule has 0 aliphatic carbocycles. The van der Waals surface area contributed by atoms with Crippen LogP contribution in [0.1, 0.15) is 27.1 Å². The van der Waals surface area contributed by atoms with Gasteiger partial charge >= 0.3 is 0 Å². The number of nitrogens with zero attached hydrogens (tertiary/aromatic N) is 3. The van der Waals surface area contributed by atoms with Crippen LogP contribution < -0.4 is 10.9 Å². The predicted molar refractivity (Wildman–Crippen MR) is 130 cm³/mol. The van der Waals surface area contributed by atoms with Crippen molar-refractivity contribution < 1.29 is 4.79 Å². The largest absolute Gasteiger partial charge is 0.319 e. The quantitative estimate of drug-likeness (QED) is 0.482. The SMILES string of the molecule is Cc1c(NC(=O)CN2CCc3sccc3C2c2cccs2)c(=O)n(-c2ccccc2)n1C. The monoisotopic (exact) mass is 464 g/mol. The molecule has 5 rings (SSSR count). The number of thiophene rings is 2. The molecule has 0 spiro atoms. The number of aromatic nitrogens is 2. The molecule has 0 radical (unpaired) electrons. The lowest BCUT2D eigenvalue weighted by Gasteiger charge is -2.34. The summed E-state index contributed by atoms with van der Waals surface area (Å²) in [6.07, 6.45) is 0.938. The summed E-state index contributed by atoms with van der Waals surface area (Å²) >= 11 is 3.50. The highest BCUT2D eigenvalue weighted by atomic mass is 32.1. The summed E-state index contributed by atoms with van der Waals surface area (Å²) in [5.41, 5.74) is 2.89. The Labute approximate surface area is 194 Å². The van der Waals surface area contributed by atoms with Crippen molar-refractivity contribution in [2.45, 2.75) is 19.4 Å².